The molecule has 1 aromatic heterocycles. The van der Waals surface area contributed by atoms with E-state index in [2.05, 4.69) is 4.98 Å². The van der Waals surface area contributed by atoms with E-state index in [1.165, 1.54) is 0 Å². The van der Waals surface area contributed by atoms with Crippen LogP contribution in [0.15, 0.2) is 23.0 Å². The van der Waals surface area contributed by atoms with Crippen LogP contribution < -0.4 is 11.3 Å². The normalized spacial score (nSPS) is 12.1. The standard InChI is InChI=1S/C10H7ClF3N3O/c11-9-16-7-2-1-5(10(12,13)14)3-6(7)8(18)17(9)4-15/h1-3H,4,15H2. The van der Waals surface area contributed by atoms with Gasteiger partial charge >= 0.3 is 6.18 Å². The van der Waals surface area contributed by atoms with Gasteiger partial charge in [-0.25, -0.2) is 4.98 Å². The van der Waals surface area contributed by atoms with Crippen LogP contribution in [0.1, 0.15) is 5.56 Å². The molecule has 96 valence electrons. The third-order valence-electron chi connectivity index (χ3n) is 2.42. The minimum Gasteiger partial charge on any atom is -0.313 e. The third kappa shape index (κ3) is 2.06. The summed E-state index contributed by atoms with van der Waals surface area (Å²) in [5, 5.41) is -0.325. The van der Waals surface area contributed by atoms with Crippen LogP contribution in [0.2, 0.25) is 5.28 Å². The van der Waals surface area contributed by atoms with E-state index in [0.717, 1.165) is 22.8 Å². The summed E-state index contributed by atoms with van der Waals surface area (Å²) in [4.78, 5) is 15.7. The summed E-state index contributed by atoms with van der Waals surface area (Å²) in [5.41, 5.74) is 3.77. The van der Waals surface area contributed by atoms with Gasteiger partial charge in [0.15, 0.2) is 0 Å². The van der Waals surface area contributed by atoms with Crippen molar-refractivity contribution in [2.75, 3.05) is 0 Å². The molecule has 0 fully saturated rings. The highest BCUT2D eigenvalue weighted by Gasteiger charge is 2.30. The fraction of sp³-hybridized carbons (Fsp3) is 0.200. The molecule has 1 heterocycles. The summed E-state index contributed by atoms with van der Waals surface area (Å²) in [6.07, 6.45) is -4.52. The minimum atomic E-state index is -4.52. The average molecular weight is 278 g/mol. The van der Waals surface area contributed by atoms with E-state index in [1.807, 2.05) is 0 Å². The van der Waals surface area contributed by atoms with E-state index in [1.54, 1.807) is 0 Å². The largest absolute Gasteiger partial charge is 0.416 e. The molecule has 2 N–H and O–H groups in total. The molecule has 0 radical (unpaired) electrons. The van der Waals surface area contributed by atoms with Gasteiger partial charge in [-0.1, -0.05) is 0 Å². The van der Waals surface area contributed by atoms with Crippen LogP contribution in [0.25, 0.3) is 10.9 Å². The second-order valence-electron chi connectivity index (χ2n) is 3.53. The molecule has 0 unspecified atom stereocenters. The Kier molecular flexibility index (Phi) is 3.04. The number of hydrogen-bond acceptors (Lipinski definition) is 3. The van der Waals surface area contributed by atoms with Crippen LogP contribution >= 0.6 is 11.6 Å². The van der Waals surface area contributed by atoms with E-state index in [4.69, 9.17) is 17.3 Å². The Balaban J connectivity index is 2.81. The number of fused-ring (bicyclic) bond motifs is 1. The highest BCUT2D eigenvalue weighted by Crippen LogP contribution is 2.30. The van der Waals surface area contributed by atoms with E-state index in [0.29, 0.717) is 0 Å². The molecule has 1 aromatic carbocycles. The maximum Gasteiger partial charge on any atom is 0.416 e. The molecule has 0 saturated carbocycles. The lowest BCUT2D eigenvalue weighted by atomic mass is 10.1. The molecular weight excluding hydrogens is 271 g/mol. The van der Waals surface area contributed by atoms with Crippen molar-refractivity contribution in [3.8, 4) is 0 Å². The number of rotatable bonds is 1. The van der Waals surface area contributed by atoms with Gasteiger partial charge < -0.3 is 5.73 Å². The van der Waals surface area contributed by atoms with E-state index >= 15 is 0 Å². The summed E-state index contributed by atoms with van der Waals surface area (Å²) in [6, 6.07) is 2.69. The van der Waals surface area contributed by atoms with Gasteiger partial charge in [-0.15, -0.1) is 0 Å². The third-order valence-corrected chi connectivity index (χ3v) is 2.71. The van der Waals surface area contributed by atoms with Crippen molar-refractivity contribution in [1.82, 2.24) is 9.55 Å². The molecule has 8 heteroatoms. The van der Waals surface area contributed by atoms with Gasteiger partial charge in [0.05, 0.1) is 23.1 Å². The van der Waals surface area contributed by atoms with Gasteiger partial charge in [0.2, 0.25) is 5.28 Å². The first-order valence-electron chi connectivity index (χ1n) is 4.82. The molecule has 2 aromatic rings. The molecule has 0 saturated heterocycles. The maximum absolute atomic E-state index is 12.5. The molecule has 0 aliphatic heterocycles. The first kappa shape index (κ1) is 12.8. The highest BCUT2D eigenvalue weighted by molar-refractivity contribution is 6.28. The molecule has 0 aliphatic rings. The van der Waals surface area contributed by atoms with Crippen molar-refractivity contribution in [2.24, 2.45) is 5.73 Å². The minimum absolute atomic E-state index is 0.0997. The van der Waals surface area contributed by atoms with Gasteiger partial charge in [-0.05, 0) is 29.8 Å². The van der Waals surface area contributed by atoms with Crippen molar-refractivity contribution in [1.29, 1.82) is 0 Å². The van der Waals surface area contributed by atoms with Crippen molar-refractivity contribution in [2.45, 2.75) is 12.8 Å². The Morgan fingerprint density at radius 3 is 2.61 bits per heavy atom. The summed E-state index contributed by atoms with van der Waals surface area (Å²) >= 11 is 5.69. The predicted octanol–water partition coefficient (Wildman–Crippen LogP) is 1.98. The Bertz CT molecular complexity index is 666. The van der Waals surface area contributed by atoms with Crippen molar-refractivity contribution in [3.05, 3.63) is 39.4 Å². The summed E-state index contributed by atoms with van der Waals surface area (Å²) in [7, 11) is 0. The van der Waals surface area contributed by atoms with Crippen LogP contribution in [-0.4, -0.2) is 9.55 Å². The molecule has 0 atom stereocenters. The van der Waals surface area contributed by atoms with Gasteiger partial charge in [0.25, 0.3) is 5.56 Å². The Labute approximate surface area is 104 Å². The molecule has 2 rings (SSSR count). The van der Waals surface area contributed by atoms with E-state index in [9.17, 15) is 18.0 Å². The number of alkyl halides is 3. The summed E-state index contributed by atoms with van der Waals surface area (Å²) < 4.78 is 38.5. The van der Waals surface area contributed by atoms with Gasteiger partial charge in [0, 0.05) is 0 Å². The first-order valence-corrected chi connectivity index (χ1v) is 5.19. The molecule has 0 amide bonds. The number of hydrogen-bond donors (Lipinski definition) is 1. The lowest BCUT2D eigenvalue weighted by molar-refractivity contribution is -0.137. The van der Waals surface area contributed by atoms with Crippen molar-refractivity contribution >= 4 is 22.5 Å². The van der Waals surface area contributed by atoms with Crippen molar-refractivity contribution < 1.29 is 13.2 Å². The molecular formula is C10H7ClF3N3O. The smallest absolute Gasteiger partial charge is 0.313 e. The second-order valence-corrected chi connectivity index (χ2v) is 3.86. The zero-order valence-electron chi connectivity index (χ0n) is 8.83. The summed E-state index contributed by atoms with van der Waals surface area (Å²) in [6.45, 7) is -0.253. The van der Waals surface area contributed by atoms with Crippen LogP contribution in [0.5, 0.6) is 0 Å². The quantitative estimate of drug-likeness (QED) is 0.811. The number of benzene rings is 1. The monoisotopic (exact) mass is 277 g/mol. The topological polar surface area (TPSA) is 60.9 Å². The highest BCUT2D eigenvalue weighted by atomic mass is 35.5. The molecule has 0 bridgehead atoms. The van der Waals surface area contributed by atoms with Gasteiger partial charge in [-0.3, -0.25) is 9.36 Å². The SMILES string of the molecule is NCn1c(Cl)nc2ccc(C(F)(F)F)cc2c1=O. The van der Waals surface area contributed by atoms with Crippen molar-refractivity contribution in [3.63, 3.8) is 0 Å². The fourth-order valence-corrected chi connectivity index (χ4v) is 1.77. The lowest BCUT2D eigenvalue weighted by Gasteiger charge is -2.09. The van der Waals surface area contributed by atoms with Gasteiger partial charge in [-0.2, -0.15) is 13.2 Å². The van der Waals surface area contributed by atoms with Crippen LogP contribution in [0.3, 0.4) is 0 Å². The zero-order chi connectivity index (χ0) is 13.5. The van der Waals surface area contributed by atoms with Gasteiger partial charge in [0.1, 0.15) is 0 Å². The fourth-order valence-electron chi connectivity index (χ4n) is 1.53. The number of nitrogens with two attached hydrogens (primary N) is 1. The Hall–Kier alpha value is -1.60. The van der Waals surface area contributed by atoms with Crippen LogP contribution in [-0.2, 0) is 12.8 Å². The zero-order valence-corrected chi connectivity index (χ0v) is 9.59. The van der Waals surface area contributed by atoms with E-state index < -0.39 is 17.3 Å². The Morgan fingerprint density at radius 2 is 2.06 bits per heavy atom. The molecule has 18 heavy (non-hydrogen) atoms. The predicted molar refractivity (Wildman–Crippen MR) is 60.2 cm³/mol. The molecule has 0 aliphatic carbocycles. The molecule has 0 spiro atoms. The molecule has 4 nitrogen and oxygen atoms in total. The number of aromatic nitrogens is 2. The number of nitrogens with zero attached hydrogens (tertiary/aromatic N) is 2. The van der Waals surface area contributed by atoms with Crippen LogP contribution in [0.4, 0.5) is 13.2 Å². The second kappa shape index (κ2) is 4.25. The maximum atomic E-state index is 12.5. The lowest BCUT2D eigenvalue weighted by Crippen LogP contribution is -2.26. The first-order chi connectivity index (χ1) is 8.34. The number of halogens is 4. The van der Waals surface area contributed by atoms with Crippen LogP contribution in [0, 0.1) is 0 Å². The van der Waals surface area contributed by atoms with E-state index in [-0.39, 0.29) is 22.9 Å². The Morgan fingerprint density at radius 1 is 1.39 bits per heavy atom. The summed E-state index contributed by atoms with van der Waals surface area (Å²) in [5.74, 6) is 0. The average Bonchev–Trinajstić information content (AvgIpc) is 2.27.